The predicted molar refractivity (Wildman–Crippen MR) is 144 cm³/mol. The Balaban J connectivity index is 0.000000190. The maximum Gasteiger partial charge on any atom is 0.488 e. The zero-order valence-corrected chi connectivity index (χ0v) is 20.6. The van der Waals surface area contributed by atoms with Crippen LogP contribution in [0.25, 0.3) is 11.1 Å². The topological polar surface area (TPSA) is 111 Å². The average molecular weight is 523 g/mol. The molecule has 0 amide bonds. The molecule has 0 radical (unpaired) electrons. The highest BCUT2D eigenvalue weighted by atomic mass is 79.9. The lowest BCUT2D eigenvalue weighted by Crippen LogP contribution is -2.29. The normalized spacial score (nSPS) is 9.56. The Morgan fingerprint density at radius 2 is 1.15 bits per heavy atom. The highest BCUT2D eigenvalue weighted by Gasteiger charge is 2.10. The molecule has 6 nitrogen and oxygen atoms in total. The van der Waals surface area contributed by atoms with Crippen LogP contribution in [0.4, 0.5) is 11.4 Å². The number of halogens is 1. The minimum Gasteiger partial charge on any atom is -0.497 e. The molecule has 0 aliphatic rings. The molecule has 8 heteroatoms. The third kappa shape index (κ3) is 9.19. The smallest absolute Gasteiger partial charge is 0.488 e. The molecule has 4 rings (SSSR count). The SMILES string of the molecule is COc1cccc(-c2cccc(N)c2)c1.COc1cccc(B(O)O)c1.Nc1cccc(Br)c1. The molecule has 0 unspecified atom stereocenters. The first-order chi connectivity index (χ1) is 16.3. The molecule has 0 atom stereocenters. The van der Waals surface area contributed by atoms with E-state index in [9.17, 15) is 0 Å². The van der Waals surface area contributed by atoms with Crippen molar-refractivity contribution in [3.63, 3.8) is 0 Å². The molecular weight excluding hydrogens is 495 g/mol. The van der Waals surface area contributed by atoms with Crippen LogP contribution >= 0.6 is 15.9 Å². The van der Waals surface area contributed by atoms with Gasteiger partial charge in [-0.05, 0) is 71.2 Å². The van der Waals surface area contributed by atoms with Crippen LogP contribution in [0.2, 0.25) is 0 Å². The Bertz CT molecular complexity index is 1160. The van der Waals surface area contributed by atoms with Crippen molar-refractivity contribution in [2.24, 2.45) is 0 Å². The lowest BCUT2D eigenvalue weighted by Gasteiger charge is -2.05. The second-order valence-electron chi connectivity index (χ2n) is 7.06. The second kappa shape index (κ2) is 13.9. The molecule has 4 aromatic carbocycles. The Morgan fingerprint density at radius 3 is 1.65 bits per heavy atom. The van der Waals surface area contributed by atoms with Crippen LogP contribution in [-0.2, 0) is 0 Å². The molecule has 0 bridgehead atoms. The molecular formula is C26H28BBrN2O4. The van der Waals surface area contributed by atoms with Gasteiger partial charge in [0.1, 0.15) is 11.5 Å². The molecule has 0 saturated heterocycles. The number of nitrogen functional groups attached to an aromatic ring is 2. The number of anilines is 2. The predicted octanol–water partition coefficient (Wildman–Crippen LogP) is 4.35. The number of rotatable bonds is 4. The van der Waals surface area contributed by atoms with E-state index < -0.39 is 7.12 Å². The number of hydrogen-bond donors (Lipinski definition) is 4. The van der Waals surface area contributed by atoms with Gasteiger partial charge in [0.25, 0.3) is 0 Å². The van der Waals surface area contributed by atoms with E-state index in [4.69, 9.17) is 31.0 Å². The Morgan fingerprint density at radius 1 is 0.647 bits per heavy atom. The Hall–Kier alpha value is -3.46. The molecule has 34 heavy (non-hydrogen) atoms. The largest absolute Gasteiger partial charge is 0.497 e. The highest BCUT2D eigenvalue weighted by molar-refractivity contribution is 9.10. The maximum absolute atomic E-state index is 8.74. The van der Waals surface area contributed by atoms with Crippen LogP contribution in [0, 0.1) is 0 Å². The standard InChI is InChI=1S/C13H13NO.C7H9BO3.C6H6BrN/c1-15-13-7-3-5-11(9-13)10-4-2-6-12(14)8-10;1-11-7-4-2-3-6(5-7)8(9)10;7-5-2-1-3-6(8)4-5/h2-9H,14H2,1H3;2-5,9-10H,1H3;1-4H,8H2. The molecule has 0 aromatic heterocycles. The van der Waals surface area contributed by atoms with Crippen LogP contribution in [0.5, 0.6) is 11.5 Å². The van der Waals surface area contributed by atoms with E-state index >= 15 is 0 Å². The van der Waals surface area contributed by atoms with Crippen molar-refractivity contribution >= 4 is 39.9 Å². The second-order valence-corrected chi connectivity index (χ2v) is 7.98. The van der Waals surface area contributed by atoms with Crippen LogP contribution in [0.15, 0.2) is 102 Å². The molecule has 0 spiro atoms. The molecule has 6 N–H and O–H groups in total. The van der Waals surface area contributed by atoms with Gasteiger partial charge >= 0.3 is 7.12 Å². The third-order valence-corrected chi connectivity index (χ3v) is 5.02. The quantitative estimate of drug-likeness (QED) is 0.234. The number of benzene rings is 4. The van der Waals surface area contributed by atoms with Crippen molar-refractivity contribution in [3.8, 4) is 22.6 Å². The van der Waals surface area contributed by atoms with E-state index in [0.29, 0.717) is 11.2 Å². The van der Waals surface area contributed by atoms with Gasteiger partial charge in [0.2, 0.25) is 0 Å². The molecule has 176 valence electrons. The van der Waals surface area contributed by atoms with Gasteiger partial charge in [-0.15, -0.1) is 0 Å². The maximum atomic E-state index is 8.74. The summed E-state index contributed by atoms with van der Waals surface area (Å²) in [4.78, 5) is 0. The molecule has 0 heterocycles. The van der Waals surface area contributed by atoms with Crippen molar-refractivity contribution in [1.29, 1.82) is 0 Å². The average Bonchev–Trinajstić information content (AvgIpc) is 2.85. The summed E-state index contributed by atoms with van der Waals surface area (Å²) >= 11 is 3.28. The molecule has 0 aliphatic heterocycles. The Kier molecular flexibility index (Phi) is 11.0. The number of methoxy groups -OCH3 is 2. The summed E-state index contributed by atoms with van der Waals surface area (Å²) in [6.45, 7) is 0. The fourth-order valence-electron chi connectivity index (χ4n) is 2.83. The molecule has 4 aromatic rings. The van der Waals surface area contributed by atoms with Crippen molar-refractivity contribution in [3.05, 3.63) is 102 Å². The highest BCUT2D eigenvalue weighted by Crippen LogP contribution is 2.24. The summed E-state index contributed by atoms with van der Waals surface area (Å²) in [5.41, 5.74) is 15.4. The van der Waals surface area contributed by atoms with Gasteiger partial charge in [0.15, 0.2) is 0 Å². The van der Waals surface area contributed by atoms with E-state index in [1.165, 1.54) is 7.11 Å². The minimum absolute atomic E-state index is 0.435. The van der Waals surface area contributed by atoms with Gasteiger partial charge in [-0.1, -0.05) is 58.4 Å². The van der Waals surface area contributed by atoms with Crippen molar-refractivity contribution < 1.29 is 19.5 Å². The van der Waals surface area contributed by atoms with Crippen LogP contribution < -0.4 is 26.4 Å². The first-order valence-electron chi connectivity index (χ1n) is 10.3. The van der Waals surface area contributed by atoms with Gasteiger partial charge in [0.05, 0.1) is 14.2 Å². The van der Waals surface area contributed by atoms with Gasteiger partial charge in [0, 0.05) is 15.8 Å². The zero-order chi connectivity index (χ0) is 24.9. The third-order valence-electron chi connectivity index (χ3n) is 4.53. The molecule has 0 fully saturated rings. The van der Waals surface area contributed by atoms with E-state index in [2.05, 4.69) is 15.9 Å². The van der Waals surface area contributed by atoms with Crippen LogP contribution in [-0.4, -0.2) is 31.4 Å². The first-order valence-corrected chi connectivity index (χ1v) is 11.1. The fraction of sp³-hybridized carbons (Fsp3) is 0.0769. The molecule has 0 saturated carbocycles. The summed E-state index contributed by atoms with van der Waals surface area (Å²) in [7, 11) is 1.77. The van der Waals surface area contributed by atoms with Crippen molar-refractivity contribution in [2.75, 3.05) is 25.7 Å². The summed E-state index contributed by atoms with van der Waals surface area (Å²) in [5.74, 6) is 1.48. The van der Waals surface area contributed by atoms with Crippen LogP contribution in [0.3, 0.4) is 0 Å². The van der Waals surface area contributed by atoms with Crippen molar-refractivity contribution in [1.82, 2.24) is 0 Å². The monoisotopic (exact) mass is 522 g/mol. The lowest BCUT2D eigenvalue weighted by molar-refractivity contribution is 0.412. The summed E-state index contributed by atoms with van der Waals surface area (Å²) in [5, 5.41) is 17.5. The summed E-state index contributed by atoms with van der Waals surface area (Å²) in [6, 6.07) is 29.9. The van der Waals surface area contributed by atoms with Gasteiger partial charge in [-0.2, -0.15) is 0 Å². The number of hydrogen-bond acceptors (Lipinski definition) is 6. The van der Waals surface area contributed by atoms with E-state index in [-0.39, 0.29) is 0 Å². The number of nitrogens with two attached hydrogens (primary N) is 2. The minimum atomic E-state index is -1.43. The zero-order valence-electron chi connectivity index (χ0n) is 19.1. The van der Waals surface area contributed by atoms with Gasteiger partial charge < -0.3 is 31.0 Å². The first kappa shape index (κ1) is 26.8. The van der Waals surface area contributed by atoms with Gasteiger partial charge in [-0.25, -0.2) is 0 Å². The Labute approximate surface area is 209 Å². The number of ether oxygens (including phenoxy) is 2. The van der Waals surface area contributed by atoms with Gasteiger partial charge in [-0.3, -0.25) is 0 Å². The van der Waals surface area contributed by atoms with Crippen LogP contribution in [0.1, 0.15) is 0 Å². The fourth-order valence-corrected chi connectivity index (χ4v) is 3.25. The van der Waals surface area contributed by atoms with E-state index in [1.807, 2.05) is 72.8 Å². The summed E-state index contributed by atoms with van der Waals surface area (Å²) < 4.78 is 11.1. The van der Waals surface area contributed by atoms with E-state index in [0.717, 1.165) is 32.7 Å². The van der Waals surface area contributed by atoms with Crippen molar-refractivity contribution in [2.45, 2.75) is 0 Å². The van der Waals surface area contributed by atoms with E-state index in [1.54, 1.807) is 31.4 Å². The summed E-state index contributed by atoms with van der Waals surface area (Å²) in [6.07, 6.45) is 0. The molecule has 0 aliphatic carbocycles. The lowest BCUT2D eigenvalue weighted by atomic mass is 9.80.